The summed E-state index contributed by atoms with van der Waals surface area (Å²) in [6.45, 7) is -0.0577. The van der Waals surface area contributed by atoms with Crippen LogP contribution in [0, 0.1) is 0 Å². The van der Waals surface area contributed by atoms with E-state index in [0.717, 1.165) is 12.8 Å². The zero-order valence-corrected chi connectivity index (χ0v) is 17.0. The van der Waals surface area contributed by atoms with Gasteiger partial charge in [-0.3, -0.25) is 4.79 Å². The molecule has 2 aromatic carbocycles. The van der Waals surface area contributed by atoms with Gasteiger partial charge in [-0.25, -0.2) is 0 Å². The van der Waals surface area contributed by atoms with Crippen molar-refractivity contribution in [2.75, 3.05) is 6.61 Å². The van der Waals surface area contributed by atoms with E-state index >= 15 is 0 Å². The molecular formula is C24H26F2O4. The molecule has 0 aliphatic carbocycles. The predicted octanol–water partition coefficient (Wildman–Crippen LogP) is 6.80. The van der Waals surface area contributed by atoms with E-state index in [-0.39, 0.29) is 11.2 Å². The van der Waals surface area contributed by atoms with Crippen molar-refractivity contribution in [3.05, 3.63) is 59.0 Å². The van der Waals surface area contributed by atoms with E-state index in [1.807, 2.05) is 0 Å². The smallest absolute Gasteiger partial charge is 0.387 e. The van der Waals surface area contributed by atoms with Crippen LogP contribution in [0.2, 0.25) is 0 Å². The van der Waals surface area contributed by atoms with E-state index in [1.165, 1.54) is 44.1 Å². The van der Waals surface area contributed by atoms with E-state index in [4.69, 9.17) is 9.15 Å². The Morgan fingerprint density at radius 3 is 2.37 bits per heavy atom. The van der Waals surface area contributed by atoms with Crippen molar-refractivity contribution in [3.63, 3.8) is 0 Å². The zero-order chi connectivity index (χ0) is 21.3. The third-order valence-corrected chi connectivity index (χ3v) is 4.90. The number of fused-ring (bicyclic) bond motifs is 1. The number of ether oxygens (including phenoxy) is 2. The number of alkyl halides is 2. The van der Waals surface area contributed by atoms with Crippen LogP contribution in [0.15, 0.2) is 57.9 Å². The lowest BCUT2D eigenvalue weighted by Crippen LogP contribution is -2.05. The largest absolute Gasteiger partial charge is 0.493 e. The molecule has 0 N–H and O–H groups in total. The standard InChI is InChI=1S/C24H26F2O4/c1-2-3-4-5-6-7-14-28-19-12-13-20-22(15-19)29-16-21(23(20)27)17-8-10-18(11-9-17)30-24(25)26/h8-13,15-16,24H,2-7,14H2,1H3. The molecule has 0 aliphatic rings. The molecule has 30 heavy (non-hydrogen) atoms. The molecule has 1 heterocycles. The van der Waals surface area contributed by atoms with Crippen LogP contribution in [-0.4, -0.2) is 13.2 Å². The van der Waals surface area contributed by atoms with Crippen LogP contribution in [0.3, 0.4) is 0 Å². The van der Waals surface area contributed by atoms with Crippen molar-refractivity contribution < 1.29 is 22.7 Å². The Morgan fingerprint density at radius 2 is 1.63 bits per heavy atom. The second kappa shape index (κ2) is 10.8. The van der Waals surface area contributed by atoms with Gasteiger partial charge in [-0.15, -0.1) is 0 Å². The Hall–Kier alpha value is -2.89. The minimum atomic E-state index is -2.89. The molecule has 3 aromatic rings. The first-order chi connectivity index (χ1) is 14.6. The molecule has 6 heteroatoms. The number of hydrogen-bond donors (Lipinski definition) is 0. The summed E-state index contributed by atoms with van der Waals surface area (Å²) in [5.41, 5.74) is 1.17. The Kier molecular flexibility index (Phi) is 7.82. The number of halogens is 2. The Bertz CT molecular complexity index is 996. The Labute approximate surface area is 174 Å². The van der Waals surface area contributed by atoms with Crippen LogP contribution < -0.4 is 14.9 Å². The van der Waals surface area contributed by atoms with Crippen LogP contribution in [0.25, 0.3) is 22.1 Å². The lowest BCUT2D eigenvalue weighted by molar-refractivity contribution is -0.0498. The SMILES string of the molecule is CCCCCCCCOc1ccc2c(=O)c(-c3ccc(OC(F)F)cc3)coc2c1. The van der Waals surface area contributed by atoms with Gasteiger partial charge in [0.2, 0.25) is 0 Å². The third kappa shape index (κ3) is 5.81. The maximum absolute atomic E-state index is 12.8. The minimum Gasteiger partial charge on any atom is -0.493 e. The van der Waals surface area contributed by atoms with Gasteiger partial charge >= 0.3 is 6.61 Å². The average Bonchev–Trinajstić information content (AvgIpc) is 2.74. The Morgan fingerprint density at radius 1 is 0.933 bits per heavy atom. The molecule has 0 amide bonds. The molecule has 160 valence electrons. The van der Waals surface area contributed by atoms with Gasteiger partial charge in [0, 0.05) is 6.07 Å². The highest BCUT2D eigenvalue weighted by Crippen LogP contribution is 2.25. The molecule has 0 aliphatic heterocycles. The second-order valence-corrected chi connectivity index (χ2v) is 7.16. The molecule has 3 rings (SSSR count). The highest BCUT2D eigenvalue weighted by atomic mass is 19.3. The first kappa shape index (κ1) is 21.8. The summed E-state index contributed by atoms with van der Waals surface area (Å²) in [7, 11) is 0. The van der Waals surface area contributed by atoms with Crippen molar-refractivity contribution in [3.8, 4) is 22.6 Å². The van der Waals surface area contributed by atoms with E-state index in [0.29, 0.717) is 34.5 Å². The van der Waals surface area contributed by atoms with Gasteiger partial charge in [-0.1, -0.05) is 51.2 Å². The molecule has 4 nitrogen and oxygen atoms in total. The maximum Gasteiger partial charge on any atom is 0.387 e. The molecule has 0 bridgehead atoms. The summed E-state index contributed by atoms with van der Waals surface area (Å²) in [6.07, 6.45) is 8.52. The van der Waals surface area contributed by atoms with Gasteiger partial charge in [0.25, 0.3) is 0 Å². The second-order valence-electron chi connectivity index (χ2n) is 7.16. The van der Waals surface area contributed by atoms with Crippen LogP contribution in [0.4, 0.5) is 8.78 Å². The molecule has 0 spiro atoms. The molecule has 0 saturated heterocycles. The van der Waals surface area contributed by atoms with Crippen LogP contribution in [-0.2, 0) is 0 Å². The van der Waals surface area contributed by atoms with Gasteiger partial charge in [-0.2, -0.15) is 8.78 Å². The van der Waals surface area contributed by atoms with Gasteiger partial charge in [0.15, 0.2) is 5.43 Å². The quantitative estimate of drug-likeness (QED) is 0.323. The molecular weight excluding hydrogens is 390 g/mol. The lowest BCUT2D eigenvalue weighted by atomic mass is 10.1. The van der Waals surface area contributed by atoms with E-state index < -0.39 is 6.61 Å². The fraction of sp³-hybridized carbons (Fsp3) is 0.375. The number of rotatable bonds is 11. The average molecular weight is 416 g/mol. The van der Waals surface area contributed by atoms with E-state index in [9.17, 15) is 13.6 Å². The van der Waals surface area contributed by atoms with Gasteiger partial charge < -0.3 is 13.9 Å². The zero-order valence-electron chi connectivity index (χ0n) is 17.0. The van der Waals surface area contributed by atoms with Crippen LogP contribution >= 0.6 is 0 Å². The van der Waals surface area contributed by atoms with Gasteiger partial charge in [0.1, 0.15) is 23.3 Å². The number of hydrogen-bond acceptors (Lipinski definition) is 4. The predicted molar refractivity (Wildman–Crippen MR) is 113 cm³/mol. The normalized spacial score (nSPS) is 11.2. The number of benzene rings is 2. The first-order valence-electron chi connectivity index (χ1n) is 10.3. The molecule has 1 aromatic heterocycles. The van der Waals surface area contributed by atoms with Crippen LogP contribution in [0.5, 0.6) is 11.5 Å². The lowest BCUT2D eigenvalue weighted by Gasteiger charge is -2.08. The first-order valence-corrected chi connectivity index (χ1v) is 10.3. The summed E-state index contributed by atoms with van der Waals surface area (Å²) in [4.78, 5) is 12.8. The minimum absolute atomic E-state index is 0.0334. The molecule has 0 saturated carbocycles. The monoisotopic (exact) mass is 416 g/mol. The van der Waals surface area contributed by atoms with Crippen molar-refractivity contribution >= 4 is 11.0 Å². The van der Waals surface area contributed by atoms with Gasteiger partial charge in [-0.05, 0) is 36.2 Å². The van der Waals surface area contributed by atoms with E-state index in [1.54, 1.807) is 30.3 Å². The molecule has 0 fully saturated rings. The molecule has 0 atom stereocenters. The topological polar surface area (TPSA) is 48.7 Å². The van der Waals surface area contributed by atoms with Crippen molar-refractivity contribution in [2.45, 2.75) is 52.1 Å². The highest BCUT2D eigenvalue weighted by molar-refractivity contribution is 5.82. The molecule has 0 radical (unpaired) electrons. The van der Waals surface area contributed by atoms with Crippen LogP contribution in [0.1, 0.15) is 45.4 Å². The van der Waals surface area contributed by atoms with Gasteiger partial charge in [0.05, 0.1) is 17.6 Å². The van der Waals surface area contributed by atoms with Crippen molar-refractivity contribution in [1.29, 1.82) is 0 Å². The fourth-order valence-corrected chi connectivity index (χ4v) is 3.29. The van der Waals surface area contributed by atoms with Crippen molar-refractivity contribution in [2.24, 2.45) is 0 Å². The summed E-state index contributed by atoms with van der Waals surface area (Å²) in [5, 5.41) is 0.437. The summed E-state index contributed by atoms with van der Waals surface area (Å²) >= 11 is 0. The molecule has 0 unspecified atom stereocenters. The number of unbranched alkanes of at least 4 members (excludes halogenated alkanes) is 5. The highest BCUT2D eigenvalue weighted by Gasteiger charge is 2.11. The summed E-state index contributed by atoms with van der Waals surface area (Å²) in [5.74, 6) is 0.700. The summed E-state index contributed by atoms with van der Waals surface area (Å²) in [6, 6.07) is 11.1. The van der Waals surface area contributed by atoms with Crippen molar-refractivity contribution in [1.82, 2.24) is 0 Å². The fourth-order valence-electron chi connectivity index (χ4n) is 3.29. The van der Waals surface area contributed by atoms with E-state index in [2.05, 4.69) is 11.7 Å². The Balaban J connectivity index is 1.66. The third-order valence-electron chi connectivity index (χ3n) is 4.90. The maximum atomic E-state index is 12.8. The summed E-state index contributed by atoms with van der Waals surface area (Å²) < 4.78 is 40.3.